The van der Waals surface area contributed by atoms with Crippen LogP contribution in [0.15, 0.2) is 30.5 Å². The number of benzene rings is 1. The van der Waals surface area contributed by atoms with E-state index in [1.807, 2.05) is 0 Å². The third kappa shape index (κ3) is 3.20. The summed E-state index contributed by atoms with van der Waals surface area (Å²) in [6, 6.07) is 5.85. The number of nitrogen functional groups attached to an aromatic ring is 1. The van der Waals surface area contributed by atoms with Crippen molar-refractivity contribution in [3.63, 3.8) is 0 Å². The summed E-state index contributed by atoms with van der Waals surface area (Å²) >= 11 is 0. The minimum Gasteiger partial charge on any atom is -0.396 e. The van der Waals surface area contributed by atoms with Gasteiger partial charge in [0.15, 0.2) is 0 Å². The van der Waals surface area contributed by atoms with Crippen molar-refractivity contribution >= 4 is 17.1 Å². The van der Waals surface area contributed by atoms with E-state index in [9.17, 15) is 17.6 Å². The van der Waals surface area contributed by atoms with E-state index in [1.165, 1.54) is 12.1 Å². The fourth-order valence-corrected chi connectivity index (χ4v) is 1.57. The second-order valence-electron chi connectivity index (χ2n) is 4.09. The normalized spacial score (nSPS) is 11.0. The highest BCUT2D eigenvalue weighted by atomic mass is 19.4. The molecule has 0 amide bonds. The molecule has 21 heavy (non-hydrogen) atoms. The molecule has 0 aliphatic heterocycles. The van der Waals surface area contributed by atoms with Crippen LogP contribution < -0.4 is 11.1 Å². The van der Waals surface area contributed by atoms with E-state index in [2.05, 4.69) is 10.3 Å². The third-order valence-corrected chi connectivity index (χ3v) is 2.59. The Hall–Kier alpha value is -2.82. The molecule has 0 aliphatic rings. The lowest BCUT2D eigenvalue weighted by atomic mass is 10.2. The molecule has 0 saturated heterocycles. The number of nitriles is 1. The monoisotopic (exact) mass is 296 g/mol. The molecule has 1 heterocycles. The van der Waals surface area contributed by atoms with E-state index in [-0.39, 0.29) is 22.6 Å². The first kappa shape index (κ1) is 14.6. The van der Waals surface area contributed by atoms with Crippen LogP contribution in [0.2, 0.25) is 0 Å². The Labute approximate surface area is 116 Å². The van der Waals surface area contributed by atoms with Crippen molar-refractivity contribution in [3.8, 4) is 6.07 Å². The summed E-state index contributed by atoms with van der Waals surface area (Å²) in [7, 11) is 0. The first-order valence-corrected chi connectivity index (χ1v) is 5.60. The zero-order valence-corrected chi connectivity index (χ0v) is 10.4. The van der Waals surface area contributed by atoms with Crippen molar-refractivity contribution in [1.82, 2.24) is 4.98 Å². The summed E-state index contributed by atoms with van der Waals surface area (Å²) in [6.07, 6.45) is -3.73. The van der Waals surface area contributed by atoms with Crippen molar-refractivity contribution in [2.45, 2.75) is 6.18 Å². The molecule has 2 rings (SSSR count). The van der Waals surface area contributed by atoms with E-state index in [0.29, 0.717) is 0 Å². The van der Waals surface area contributed by atoms with Crippen LogP contribution >= 0.6 is 0 Å². The third-order valence-electron chi connectivity index (χ3n) is 2.59. The highest BCUT2D eigenvalue weighted by Gasteiger charge is 2.33. The number of anilines is 3. The summed E-state index contributed by atoms with van der Waals surface area (Å²) in [6.45, 7) is 0. The van der Waals surface area contributed by atoms with Crippen LogP contribution in [0.4, 0.5) is 34.6 Å². The maximum absolute atomic E-state index is 13.2. The Morgan fingerprint density at radius 1 is 1.24 bits per heavy atom. The highest BCUT2D eigenvalue weighted by Crippen LogP contribution is 2.32. The topological polar surface area (TPSA) is 74.7 Å². The summed E-state index contributed by atoms with van der Waals surface area (Å²) in [5.74, 6) is -0.721. The highest BCUT2D eigenvalue weighted by molar-refractivity contribution is 5.72. The number of hydrogen-bond donors (Lipinski definition) is 2. The Kier molecular flexibility index (Phi) is 3.67. The molecular weight excluding hydrogens is 288 g/mol. The van der Waals surface area contributed by atoms with Crippen molar-refractivity contribution in [1.29, 1.82) is 5.26 Å². The van der Waals surface area contributed by atoms with Crippen LogP contribution in [0.5, 0.6) is 0 Å². The number of alkyl halides is 3. The molecule has 0 saturated carbocycles. The number of rotatable bonds is 2. The molecule has 1 aromatic carbocycles. The summed E-state index contributed by atoms with van der Waals surface area (Å²) in [4.78, 5) is 3.20. The van der Waals surface area contributed by atoms with Crippen LogP contribution in [0.1, 0.15) is 11.3 Å². The molecule has 0 atom stereocenters. The van der Waals surface area contributed by atoms with Gasteiger partial charge in [-0.1, -0.05) is 0 Å². The Morgan fingerprint density at radius 3 is 2.57 bits per heavy atom. The molecule has 3 N–H and O–H groups in total. The molecule has 108 valence electrons. The molecule has 0 aliphatic carbocycles. The van der Waals surface area contributed by atoms with Crippen LogP contribution in [0.25, 0.3) is 0 Å². The van der Waals surface area contributed by atoms with E-state index >= 15 is 0 Å². The smallest absolute Gasteiger partial charge is 0.396 e. The lowest BCUT2D eigenvalue weighted by molar-refractivity contribution is -0.141. The van der Waals surface area contributed by atoms with Gasteiger partial charge in [0.25, 0.3) is 0 Å². The standard InChI is InChI=1S/C13H8F4N4/c14-9-2-1-8(3-7(9)5-18)21-11-4-12(13(15,16)17)20-6-10(11)19/h1-4,6H,19H2,(H,20,21). The lowest BCUT2D eigenvalue weighted by Gasteiger charge is -2.12. The van der Waals surface area contributed by atoms with Crippen molar-refractivity contribution in [2.75, 3.05) is 11.1 Å². The molecule has 8 heteroatoms. The molecule has 0 unspecified atom stereocenters. The number of pyridine rings is 1. The molecule has 4 nitrogen and oxygen atoms in total. The summed E-state index contributed by atoms with van der Waals surface area (Å²) in [5, 5.41) is 11.3. The van der Waals surface area contributed by atoms with Crippen LogP contribution in [-0.4, -0.2) is 4.98 Å². The van der Waals surface area contributed by atoms with Crippen molar-refractivity contribution < 1.29 is 17.6 Å². The minimum absolute atomic E-state index is 0.00849. The van der Waals surface area contributed by atoms with E-state index in [4.69, 9.17) is 11.0 Å². The molecule has 1 aromatic heterocycles. The number of halogens is 4. The van der Waals surface area contributed by atoms with Gasteiger partial charge in [0.1, 0.15) is 17.6 Å². The number of nitrogens with one attached hydrogen (secondary N) is 1. The first-order valence-electron chi connectivity index (χ1n) is 5.60. The van der Waals surface area contributed by atoms with Gasteiger partial charge < -0.3 is 11.1 Å². The fourth-order valence-electron chi connectivity index (χ4n) is 1.57. The van der Waals surface area contributed by atoms with Gasteiger partial charge in [-0.2, -0.15) is 18.4 Å². The Morgan fingerprint density at radius 2 is 1.95 bits per heavy atom. The van der Waals surface area contributed by atoms with E-state index in [1.54, 1.807) is 6.07 Å². The first-order chi connectivity index (χ1) is 9.81. The van der Waals surface area contributed by atoms with Crippen molar-refractivity contribution in [3.05, 3.63) is 47.5 Å². The molecule has 2 aromatic rings. The largest absolute Gasteiger partial charge is 0.433 e. The SMILES string of the molecule is N#Cc1cc(Nc2cc(C(F)(F)F)ncc2N)ccc1F. The molecule has 0 fully saturated rings. The number of nitrogens with zero attached hydrogens (tertiary/aromatic N) is 2. The van der Waals surface area contributed by atoms with Gasteiger partial charge in [-0.15, -0.1) is 0 Å². The van der Waals surface area contributed by atoms with Gasteiger partial charge in [-0.25, -0.2) is 9.37 Å². The van der Waals surface area contributed by atoms with Gasteiger partial charge in [0.05, 0.1) is 23.1 Å². The predicted octanol–water partition coefficient (Wildman–Crippen LogP) is 3.44. The average Bonchev–Trinajstić information content (AvgIpc) is 2.42. The van der Waals surface area contributed by atoms with Gasteiger partial charge >= 0.3 is 6.18 Å². The van der Waals surface area contributed by atoms with Crippen molar-refractivity contribution in [2.24, 2.45) is 0 Å². The fraction of sp³-hybridized carbons (Fsp3) is 0.0769. The van der Waals surface area contributed by atoms with E-state index < -0.39 is 17.7 Å². The maximum Gasteiger partial charge on any atom is 0.433 e. The zero-order valence-electron chi connectivity index (χ0n) is 10.4. The molecule has 0 radical (unpaired) electrons. The van der Waals surface area contributed by atoms with Crippen LogP contribution in [0.3, 0.4) is 0 Å². The molecular formula is C13H8F4N4. The molecule has 0 bridgehead atoms. The summed E-state index contributed by atoms with van der Waals surface area (Å²) < 4.78 is 50.9. The van der Waals surface area contributed by atoms with Crippen LogP contribution in [-0.2, 0) is 6.18 Å². The number of aromatic nitrogens is 1. The van der Waals surface area contributed by atoms with Gasteiger partial charge in [0.2, 0.25) is 0 Å². The summed E-state index contributed by atoms with van der Waals surface area (Å²) in [5.41, 5.74) is 4.40. The van der Waals surface area contributed by atoms with Gasteiger partial charge in [-0.3, -0.25) is 0 Å². The average molecular weight is 296 g/mol. The number of nitrogens with two attached hydrogens (primary N) is 1. The number of hydrogen-bond acceptors (Lipinski definition) is 4. The van der Waals surface area contributed by atoms with Gasteiger partial charge in [0, 0.05) is 5.69 Å². The maximum atomic E-state index is 13.2. The quantitative estimate of drug-likeness (QED) is 0.832. The predicted molar refractivity (Wildman–Crippen MR) is 68.0 cm³/mol. The van der Waals surface area contributed by atoms with E-state index in [0.717, 1.165) is 18.3 Å². The minimum atomic E-state index is -4.61. The van der Waals surface area contributed by atoms with Crippen LogP contribution in [0, 0.1) is 17.1 Å². The molecule has 0 spiro atoms. The second kappa shape index (κ2) is 5.28. The Balaban J connectivity index is 2.38. The van der Waals surface area contributed by atoms with Gasteiger partial charge in [-0.05, 0) is 24.3 Å². The lowest BCUT2D eigenvalue weighted by Crippen LogP contribution is -2.09. The second-order valence-corrected chi connectivity index (χ2v) is 4.09. The Bertz CT molecular complexity index is 719. The zero-order chi connectivity index (χ0) is 15.6.